The van der Waals surface area contributed by atoms with Gasteiger partial charge in [-0.2, -0.15) is 0 Å². The van der Waals surface area contributed by atoms with Gasteiger partial charge in [0, 0.05) is 0 Å². The first-order chi connectivity index (χ1) is 12.5. The van der Waals surface area contributed by atoms with Gasteiger partial charge in [0.2, 0.25) is 0 Å². The molecule has 1 rings (SSSR count). The zero-order valence-electron chi connectivity index (χ0n) is 17.3. The molecule has 4 heteroatoms. The first-order valence-electron chi connectivity index (χ1n) is 10.8. The molecule has 0 saturated carbocycles. The molecule has 0 unspecified atom stereocenters. The van der Waals surface area contributed by atoms with E-state index in [1.54, 1.807) is 12.1 Å². The zero-order valence-corrected chi connectivity index (χ0v) is 21.0. The summed E-state index contributed by atoms with van der Waals surface area (Å²) in [4.78, 5) is 0.544. The van der Waals surface area contributed by atoms with Crippen LogP contribution < -0.4 is 0 Å². The van der Waals surface area contributed by atoms with Crippen LogP contribution in [0.2, 0.25) is 13.3 Å². The van der Waals surface area contributed by atoms with E-state index >= 15 is 0 Å². The van der Waals surface area contributed by atoms with E-state index in [9.17, 15) is 8.42 Å². The van der Waals surface area contributed by atoms with Crippen LogP contribution in [0.15, 0.2) is 35.2 Å². The van der Waals surface area contributed by atoms with Crippen molar-refractivity contribution >= 4 is 28.2 Å². The van der Waals surface area contributed by atoms with Crippen LogP contribution in [0.5, 0.6) is 0 Å². The van der Waals surface area contributed by atoms with E-state index in [0.29, 0.717) is 8.66 Å². The molecule has 0 radical (unpaired) electrons. The summed E-state index contributed by atoms with van der Waals surface area (Å²) in [6.45, 7) is 6.73. The zero-order chi connectivity index (χ0) is 19.3. The van der Waals surface area contributed by atoms with E-state index in [-0.39, 0.29) is 0 Å². The Labute approximate surface area is 167 Å². The third kappa shape index (κ3) is 8.77. The van der Waals surface area contributed by atoms with Crippen molar-refractivity contribution < 1.29 is 8.42 Å². The molecule has 2 nitrogen and oxygen atoms in total. The van der Waals surface area contributed by atoms with Crippen LogP contribution in [0, 0.1) is 0 Å². The van der Waals surface area contributed by atoms with Gasteiger partial charge in [0.25, 0.3) is 0 Å². The third-order valence-electron chi connectivity index (χ3n) is 5.53. The van der Waals surface area contributed by atoms with Crippen molar-refractivity contribution in [3.8, 4) is 0 Å². The summed E-state index contributed by atoms with van der Waals surface area (Å²) in [5.74, 6) is 0. The second-order valence-corrected chi connectivity index (χ2v) is 25.2. The standard InChI is InChI=1S/C7H7O2S.3C5H11.Sn/c1-10(8,9)7-5-3-2-4-6-7;3*1-3-5-4-2;/h2-6H,1H2;3*1,3-5H2,2H3;. The number of unbranched alkanes of at least 4 members (excludes halogenated alkanes) is 6. The van der Waals surface area contributed by atoms with E-state index < -0.39 is 28.2 Å². The Morgan fingerprint density at radius 1 is 0.692 bits per heavy atom. The summed E-state index contributed by atoms with van der Waals surface area (Å²) in [7, 11) is -3.14. The van der Waals surface area contributed by atoms with E-state index in [1.807, 2.05) is 18.2 Å². The predicted molar refractivity (Wildman–Crippen MR) is 117 cm³/mol. The van der Waals surface area contributed by atoms with Crippen LogP contribution in [0.3, 0.4) is 0 Å². The molecule has 0 N–H and O–H groups in total. The molecule has 0 aliphatic carbocycles. The average Bonchev–Trinajstić information content (AvgIpc) is 2.63. The van der Waals surface area contributed by atoms with Crippen LogP contribution in [0.1, 0.15) is 78.6 Å². The molecule has 0 aliphatic rings. The molecular weight excluding hydrogens is 447 g/mol. The predicted octanol–water partition coefficient (Wildman–Crippen LogP) is 7.02. The first kappa shape index (κ1) is 24.0. The summed E-state index contributed by atoms with van der Waals surface area (Å²) in [6.07, 6.45) is 11.2. The van der Waals surface area contributed by atoms with Crippen LogP contribution in [0.4, 0.5) is 0 Å². The number of sulfone groups is 1. The fraction of sp³-hybridized carbons (Fsp3) is 0.727. The quantitative estimate of drug-likeness (QED) is 0.197. The van der Waals surface area contributed by atoms with Gasteiger partial charge in [-0.15, -0.1) is 0 Å². The minimum atomic E-state index is -3.14. The molecule has 26 heavy (non-hydrogen) atoms. The molecule has 0 atom stereocenters. The summed E-state index contributed by atoms with van der Waals surface area (Å²) < 4.78 is 30.7. The fourth-order valence-electron chi connectivity index (χ4n) is 3.96. The Balaban J connectivity index is 3.02. The van der Waals surface area contributed by atoms with Gasteiger partial charge < -0.3 is 0 Å². The van der Waals surface area contributed by atoms with Crippen molar-refractivity contribution in [2.75, 3.05) is 3.77 Å². The summed E-state index contributed by atoms with van der Waals surface area (Å²) in [5.41, 5.74) is 0. The Morgan fingerprint density at radius 2 is 1.12 bits per heavy atom. The van der Waals surface area contributed by atoms with Crippen molar-refractivity contribution in [3.05, 3.63) is 30.3 Å². The summed E-state index contributed by atoms with van der Waals surface area (Å²) in [6, 6.07) is 9.19. The van der Waals surface area contributed by atoms with Crippen molar-refractivity contribution in [2.45, 2.75) is 96.8 Å². The molecule has 0 heterocycles. The second kappa shape index (κ2) is 13.2. The second-order valence-electron chi connectivity index (χ2n) is 7.94. The van der Waals surface area contributed by atoms with Crippen molar-refractivity contribution in [3.63, 3.8) is 0 Å². The van der Waals surface area contributed by atoms with Crippen LogP contribution in [-0.2, 0) is 9.84 Å². The van der Waals surface area contributed by atoms with Gasteiger partial charge >= 0.3 is 167 Å². The monoisotopic (exact) mass is 488 g/mol. The minimum absolute atomic E-state index is 0.531. The number of hydrogen-bond donors (Lipinski definition) is 0. The Hall–Kier alpha value is -0.0313. The average molecular weight is 487 g/mol. The van der Waals surface area contributed by atoms with E-state index in [0.717, 1.165) is 0 Å². The van der Waals surface area contributed by atoms with E-state index in [2.05, 4.69) is 20.8 Å². The Morgan fingerprint density at radius 3 is 1.50 bits per heavy atom. The maximum absolute atomic E-state index is 13.2. The van der Waals surface area contributed by atoms with Gasteiger partial charge in [0.15, 0.2) is 0 Å². The van der Waals surface area contributed by atoms with Gasteiger partial charge in [0.1, 0.15) is 0 Å². The number of rotatable bonds is 15. The molecule has 1 aromatic rings. The van der Waals surface area contributed by atoms with Gasteiger partial charge in [-0.05, 0) is 0 Å². The molecule has 0 aromatic heterocycles. The Bertz CT molecular complexity index is 543. The van der Waals surface area contributed by atoms with Crippen molar-refractivity contribution in [2.24, 2.45) is 0 Å². The molecule has 0 bridgehead atoms. The fourth-order valence-corrected chi connectivity index (χ4v) is 28.7. The van der Waals surface area contributed by atoms with Gasteiger partial charge in [-0.1, -0.05) is 0 Å². The summed E-state index contributed by atoms with van der Waals surface area (Å²) in [5, 5.41) is 0. The molecule has 0 spiro atoms. The first-order valence-corrected chi connectivity index (χ1v) is 20.5. The molecule has 0 amide bonds. The molecular formula is C22H40O2SSn. The molecule has 0 saturated heterocycles. The van der Waals surface area contributed by atoms with Crippen molar-refractivity contribution in [1.82, 2.24) is 0 Å². The van der Waals surface area contributed by atoms with E-state index in [4.69, 9.17) is 0 Å². The van der Waals surface area contributed by atoms with Gasteiger partial charge in [-0.25, -0.2) is 0 Å². The molecule has 150 valence electrons. The SMILES string of the molecule is CCCC[CH2][Sn]([CH2]CCCC)([CH2]CCCC)[CH2]S(=O)(=O)c1ccccc1. The van der Waals surface area contributed by atoms with Crippen molar-refractivity contribution in [1.29, 1.82) is 0 Å². The molecule has 1 aromatic carbocycles. The van der Waals surface area contributed by atoms with Crippen LogP contribution in [-0.4, -0.2) is 30.6 Å². The summed E-state index contributed by atoms with van der Waals surface area (Å²) >= 11 is -2.72. The number of hydrogen-bond acceptors (Lipinski definition) is 2. The topological polar surface area (TPSA) is 34.1 Å². The van der Waals surface area contributed by atoms with Gasteiger partial charge in [0.05, 0.1) is 0 Å². The van der Waals surface area contributed by atoms with Gasteiger partial charge in [-0.3, -0.25) is 0 Å². The number of benzene rings is 1. The van der Waals surface area contributed by atoms with E-state index in [1.165, 1.54) is 71.1 Å². The molecule has 0 fully saturated rings. The van der Waals surface area contributed by atoms with Crippen LogP contribution in [0.25, 0.3) is 0 Å². The maximum atomic E-state index is 13.2. The third-order valence-corrected chi connectivity index (χ3v) is 28.1. The Kier molecular flexibility index (Phi) is 12.2. The van der Waals surface area contributed by atoms with Crippen LogP contribution >= 0.6 is 0 Å². The normalized spacial score (nSPS) is 12.4. The molecule has 0 aliphatic heterocycles.